The number of hydrogen-bond acceptors (Lipinski definition) is 0. The molecule has 2 heteroatoms. The second-order valence-corrected chi connectivity index (χ2v) is 9.86. The van der Waals surface area contributed by atoms with Crippen LogP contribution in [0.25, 0.3) is 39.3 Å². The fraction of sp³-hybridized carbons (Fsp3) is 0.118. The summed E-state index contributed by atoms with van der Waals surface area (Å²) in [6, 6.07) is 39.7. The molecule has 2 unspecified atom stereocenters. The zero-order chi connectivity index (χ0) is 24.1. The van der Waals surface area contributed by atoms with E-state index in [-0.39, 0.29) is 6.04 Å². The molecule has 0 bridgehead atoms. The molecular formula is C34H28N2+2. The Morgan fingerprint density at radius 1 is 0.639 bits per heavy atom. The first-order chi connectivity index (χ1) is 17.8. The topological polar surface area (TPSA) is 7.76 Å². The van der Waals surface area contributed by atoms with Crippen LogP contribution >= 0.6 is 0 Å². The Kier molecular flexibility index (Phi) is 4.92. The van der Waals surface area contributed by atoms with Crippen LogP contribution in [0.5, 0.6) is 0 Å². The number of pyridine rings is 2. The summed E-state index contributed by atoms with van der Waals surface area (Å²) in [5.41, 5.74) is 11.4. The van der Waals surface area contributed by atoms with Crippen molar-refractivity contribution in [2.75, 3.05) is 0 Å². The number of rotatable bonds is 1. The summed E-state index contributed by atoms with van der Waals surface area (Å²) in [5, 5.41) is 0. The summed E-state index contributed by atoms with van der Waals surface area (Å²) in [6.07, 6.45) is 6.62. The third-order valence-electron chi connectivity index (χ3n) is 7.93. The Balaban J connectivity index is 1.50. The highest BCUT2D eigenvalue weighted by Crippen LogP contribution is 2.44. The van der Waals surface area contributed by atoms with Crippen molar-refractivity contribution in [3.63, 3.8) is 0 Å². The maximum Gasteiger partial charge on any atom is 0.249 e. The number of hydrogen-bond donors (Lipinski definition) is 0. The molecular weight excluding hydrogens is 436 g/mol. The van der Waals surface area contributed by atoms with Gasteiger partial charge in [-0.25, -0.2) is 0 Å². The molecule has 3 aromatic carbocycles. The number of allylic oxidation sites excluding steroid dienone is 1. The van der Waals surface area contributed by atoms with E-state index in [1.807, 2.05) is 0 Å². The normalized spacial score (nSPS) is 17.8. The van der Waals surface area contributed by atoms with Crippen LogP contribution in [0.3, 0.4) is 0 Å². The van der Waals surface area contributed by atoms with Gasteiger partial charge in [0.2, 0.25) is 23.1 Å². The highest BCUT2D eigenvalue weighted by molar-refractivity contribution is 5.69. The van der Waals surface area contributed by atoms with Crippen molar-refractivity contribution >= 4 is 5.70 Å². The van der Waals surface area contributed by atoms with Gasteiger partial charge in [0.25, 0.3) is 0 Å². The summed E-state index contributed by atoms with van der Waals surface area (Å²) in [7, 11) is 0. The van der Waals surface area contributed by atoms with Crippen molar-refractivity contribution in [3.8, 4) is 33.6 Å². The van der Waals surface area contributed by atoms with Crippen LogP contribution in [-0.4, -0.2) is 0 Å². The van der Waals surface area contributed by atoms with Gasteiger partial charge >= 0.3 is 0 Å². The number of aromatic nitrogens is 2. The SMILES string of the molecule is C=C1C2C(CCc3ccccc3-c3ccc(-c4ccccc4)c[n+]31)c1ccccc1-c1cccc[n+]12. The molecule has 0 N–H and O–H groups in total. The van der Waals surface area contributed by atoms with Crippen molar-refractivity contribution < 1.29 is 9.13 Å². The largest absolute Gasteiger partial charge is 0.249 e. The van der Waals surface area contributed by atoms with Crippen molar-refractivity contribution in [3.05, 3.63) is 139 Å². The first kappa shape index (κ1) is 21.0. The van der Waals surface area contributed by atoms with Gasteiger partial charge in [0, 0.05) is 34.9 Å². The van der Waals surface area contributed by atoms with E-state index in [4.69, 9.17) is 6.58 Å². The van der Waals surface area contributed by atoms with E-state index in [1.54, 1.807) is 0 Å². The summed E-state index contributed by atoms with van der Waals surface area (Å²) in [5.74, 6) is 0.334. The maximum atomic E-state index is 4.80. The molecule has 7 rings (SSSR count). The maximum absolute atomic E-state index is 4.80. The van der Waals surface area contributed by atoms with E-state index >= 15 is 0 Å². The number of aryl methyl sites for hydroxylation is 1. The molecule has 2 aliphatic rings. The van der Waals surface area contributed by atoms with E-state index in [1.165, 1.54) is 44.8 Å². The molecule has 0 spiro atoms. The smallest absolute Gasteiger partial charge is 0.184 e. The van der Waals surface area contributed by atoms with Crippen LogP contribution in [0.4, 0.5) is 0 Å². The first-order valence-corrected chi connectivity index (χ1v) is 12.8. The Morgan fingerprint density at radius 2 is 1.39 bits per heavy atom. The highest BCUT2D eigenvalue weighted by atomic mass is 15.1. The summed E-state index contributed by atoms with van der Waals surface area (Å²) >= 11 is 0. The minimum absolute atomic E-state index is 0.125. The number of nitrogens with zero attached hydrogens (tertiary/aromatic N) is 2. The molecule has 0 fully saturated rings. The molecule has 2 aliphatic heterocycles. The van der Waals surface area contributed by atoms with Gasteiger partial charge in [-0.2, -0.15) is 9.13 Å². The van der Waals surface area contributed by atoms with E-state index in [9.17, 15) is 0 Å². The number of benzene rings is 3. The predicted molar refractivity (Wildman–Crippen MR) is 145 cm³/mol. The summed E-state index contributed by atoms with van der Waals surface area (Å²) in [4.78, 5) is 0. The summed E-state index contributed by atoms with van der Waals surface area (Å²) in [6.45, 7) is 4.80. The van der Waals surface area contributed by atoms with Gasteiger partial charge in [-0.3, -0.25) is 0 Å². The quantitative estimate of drug-likeness (QED) is 0.236. The van der Waals surface area contributed by atoms with E-state index in [2.05, 4.69) is 131 Å². The lowest BCUT2D eigenvalue weighted by Crippen LogP contribution is -2.53. The van der Waals surface area contributed by atoms with E-state index in [0.29, 0.717) is 5.92 Å². The van der Waals surface area contributed by atoms with E-state index in [0.717, 1.165) is 18.5 Å². The molecule has 0 radical (unpaired) electrons. The molecule has 2 atom stereocenters. The van der Waals surface area contributed by atoms with E-state index < -0.39 is 0 Å². The second kappa shape index (κ2) is 8.42. The Bertz CT molecular complexity index is 1620. The fourth-order valence-electron chi connectivity index (χ4n) is 6.25. The highest BCUT2D eigenvalue weighted by Gasteiger charge is 2.46. The molecule has 0 saturated heterocycles. The molecule has 172 valence electrons. The van der Waals surface area contributed by atoms with Crippen molar-refractivity contribution in [2.45, 2.75) is 24.8 Å². The lowest BCUT2D eigenvalue weighted by molar-refractivity contribution is -0.727. The Morgan fingerprint density at radius 3 is 2.28 bits per heavy atom. The van der Waals surface area contributed by atoms with Crippen LogP contribution in [0.15, 0.2) is 128 Å². The molecule has 36 heavy (non-hydrogen) atoms. The van der Waals surface area contributed by atoms with Gasteiger partial charge in [-0.15, -0.1) is 0 Å². The zero-order valence-electron chi connectivity index (χ0n) is 20.2. The van der Waals surface area contributed by atoms with Gasteiger partial charge in [-0.1, -0.05) is 66.7 Å². The van der Waals surface area contributed by atoms with Gasteiger partial charge < -0.3 is 0 Å². The average Bonchev–Trinajstić information content (AvgIpc) is 3.00. The molecule has 4 heterocycles. The monoisotopic (exact) mass is 464 g/mol. The Labute approximate surface area is 212 Å². The van der Waals surface area contributed by atoms with Crippen LogP contribution in [-0.2, 0) is 6.42 Å². The molecule has 2 aromatic heterocycles. The van der Waals surface area contributed by atoms with Crippen LogP contribution in [0.2, 0.25) is 0 Å². The zero-order valence-corrected chi connectivity index (χ0v) is 20.2. The molecule has 5 aromatic rings. The lowest BCUT2D eigenvalue weighted by atomic mass is 9.78. The molecule has 0 amide bonds. The third kappa shape index (κ3) is 3.25. The fourth-order valence-corrected chi connectivity index (χ4v) is 6.25. The van der Waals surface area contributed by atoms with Crippen LogP contribution in [0.1, 0.15) is 29.5 Å². The number of fused-ring (bicyclic) bond motifs is 9. The lowest BCUT2D eigenvalue weighted by Gasteiger charge is -2.29. The van der Waals surface area contributed by atoms with Gasteiger partial charge in [0.1, 0.15) is 0 Å². The predicted octanol–water partition coefficient (Wildman–Crippen LogP) is 7.02. The average molecular weight is 465 g/mol. The van der Waals surface area contributed by atoms with Crippen molar-refractivity contribution in [2.24, 2.45) is 0 Å². The van der Waals surface area contributed by atoms with Crippen molar-refractivity contribution in [1.82, 2.24) is 0 Å². The summed E-state index contributed by atoms with van der Waals surface area (Å²) < 4.78 is 4.82. The third-order valence-corrected chi connectivity index (χ3v) is 7.93. The van der Waals surface area contributed by atoms with Crippen LogP contribution < -0.4 is 9.13 Å². The van der Waals surface area contributed by atoms with Crippen molar-refractivity contribution in [1.29, 1.82) is 0 Å². The molecule has 0 aliphatic carbocycles. The van der Waals surface area contributed by atoms with Gasteiger partial charge in [0.05, 0.1) is 5.92 Å². The minimum atomic E-state index is 0.125. The second-order valence-electron chi connectivity index (χ2n) is 9.86. The Hall–Kier alpha value is -4.30. The first-order valence-electron chi connectivity index (χ1n) is 12.8. The molecule has 2 nitrogen and oxygen atoms in total. The van der Waals surface area contributed by atoms with Crippen LogP contribution in [0, 0.1) is 0 Å². The van der Waals surface area contributed by atoms with Gasteiger partial charge in [-0.05, 0) is 60.4 Å². The van der Waals surface area contributed by atoms with Gasteiger partial charge in [0.15, 0.2) is 12.4 Å². The molecule has 0 saturated carbocycles. The standard InChI is InChI=1S/C34H28N2/c1-24-34-31(29-15-7-8-16-30(29)32-17-9-10-22-35(32)34)20-18-26-13-5-6-14-28(26)33-21-19-27(23-36(24)33)25-11-3-2-4-12-25/h2-17,19,21-23,31,34H,1,18,20H2/q+2. The minimum Gasteiger partial charge on any atom is -0.184 e.